The number of likely N-dealkylation sites (tertiary alicyclic amines) is 1. The molecular formula is C22H27ClN4O2S. The van der Waals surface area contributed by atoms with Crippen LogP contribution in [-0.2, 0) is 11.3 Å². The van der Waals surface area contributed by atoms with Gasteiger partial charge in [0.2, 0.25) is 5.91 Å². The zero-order valence-electron chi connectivity index (χ0n) is 16.9. The van der Waals surface area contributed by atoms with Gasteiger partial charge >= 0.3 is 6.03 Å². The highest BCUT2D eigenvalue weighted by Gasteiger charge is 2.32. The largest absolute Gasteiger partial charge is 0.368 e. The second-order valence-corrected chi connectivity index (χ2v) is 9.28. The summed E-state index contributed by atoms with van der Waals surface area (Å²) in [5.74, 6) is 0.0699. The monoisotopic (exact) mass is 446 g/mol. The third kappa shape index (κ3) is 5.08. The molecule has 1 N–H and O–H groups in total. The number of carbonyl (C=O) groups excluding carboxylic acids is 2. The van der Waals surface area contributed by atoms with Gasteiger partial charge in [0.1, 0.15) is 0 Å². The van der Waals surface area contributed by atoms with Gasteiger partial charge in [0.15, 0.2) is 0 Å². The molecule has 1 aromatic heterocycles. The Hall–Kier alpha value is -2.25. The zero-order valence-corrected chi connectivity index (χ0v) is 18.5. The number of nitrogens with zero attached hydrogens (tertiary/aromatic N) is 3. The molecule has 0 aliphatic carbocycles. The molecule has 2 aromatic rings. The molecule has 6 nitrogen and oxygen atoms in total. The summed E-state index contributed by atoms with van der Waals surface area (Å²) in [7, 11) is 0. The fourth-order valence-electron chi connectivity index (χ4n) is 4.17. The summed E-state index contributed by atoms with van der Waals surface area (Å²) in [6.07, 6.45) is 1.72. The molecule has 0 bridgehead atoms. The normalized spacial score (nSPS) is 19.6. The molecule has 8 heteroatoms. The third-order valence-electron chi connectivity index (χ3n) is 5.82. The van der Waals surface area contributed by atoms with E-state index in [0.717, 1.165) is 41.5 Å². The van der Waals surface area contributed by atoms with E-state index in [0.29, 0.717) is 32.7 Å². The molecule has 2 saturated heterocycles. The van der Waals surface area contributed by atoms with Gasteiger partial charge in [-0.1, -0.05) is 23.7 Å². The van der Waals surface area contributed by atoms with Gasteiger partial charge < -0.3 is 20.0 Å². The number of hydrogen-bond donors (Lipinski definition) is 1. The van der Waals surface area contributed by atoms with Crippen LogP contribution in [0.1, 0.15) is 17.7 Å². The minimum atomic E-state index is -0.107. The highest BCUT2D eigenvalue weighted by Crippen LogP contribution is 2.23. The van der Waals surface area contributed by atoms with E-state index in [1.165, 1.54) is 0 Å². The maximum Gasteiger partial charge on any atom is 0.317 e. The number of anilines is 1. The first-order valence-electron chi connectivity index (χ1n) is 10.4. The summed E-state index contributed by atoms with van der Waals surface area (Å²) in [6.45, 7) is 4.75. The van der Waals surface area contributed by atoms with Crippen molar-refractivity contribution in [2.24, 2.45) is 5.92 Å². The SMILES string of the molecule is O=C(NCc1cccs1)N1CCCC(C(=O)N2CCN(c3cccc(Cl)c3)CC2)C1. The molecule has 1 atom stereocenters. The molecule has 0 spiro atoms. The Labute approximate surface area is 186 Å². The number of piperidine rings is 1. The van der Waals surface area contributed by atoms with Crippen molar-refractivity contribution >= 4 is 40.6 Å². The van der Waals surface area contributed by atoms with E-state index in [-0.39, 0.29) is 17.9 Å². The van der Waals surface area contributed by atoms with Gasteiger partial charge in [-0.3, -0.25) is 4.79 Å². The van der Waals surface area contributed by atoms with E-state index in [9.17, 15) is 9.59 Å². The van der Waals surface area contributed by atoms with Crippen LogP contribution < -0.4 is 10.2 Å². The highest BCUT2D eigenvalue weighted by molar-refractivity contribution is 7.09. The standard InChI is InChI=1S/C22H27ClN4O2S/c23-18-5-1-6-19(14-18)25-9-11-26(12-10-25)21(28)17-4-2-8-27(16-17)22(29)24-15-20-7-3-13-30-20/h1,3,5-7,13-14,17H,2,4,8-12,15-16H2,(H,24,29). The summed E-state index contributed by atoms with van der Waals surface area (Å²) >= 11 is 7.74. The van der Waals surface area contributed by atoms with Crippen molar-refractivity contribution in [1.82, 2.24) is 15.1 Å². The Balaban J connectivity index is 1.27. The summed E-state index contributed by atoms with van der Waals surface area (Å²) in [5.41, 5.74) is 1.10. The molecule has 160 valence electrons. The van der Waals surface area contributed by atoms with Crippen LogP contribution >= 0.6 is 22.9 Å². The molecule has 0 radical (unpaired) electrons. The van der Waals surface area contributed by atoms with Crippen molar-refractivity contribution in [2.45, 2.75) is 19.4 Å². The first-order chi connectivity index (χ1) is 14.6. The second kappa shape index (κ2) is 9.71. The first kappa shape index (κ1) is 21.0. The summed E-state index contributed by atoms with van der Waals surface area (Å²) in [4.78, 5) is 32.8. The number of hydrogen-bond acceptors (Lipinski definition) is 4. The highest BCUT2D eigenvalue weighted by atomic mass is 35.5. The number of benzene rings is 1. The Morgan fingerprint density at radius 3 is 2.63 bits per heavy atom. The number of halogens is 1. The van der Waals surface area contributed by atoms with Crippen molar-refractivity contribution in [1.29, 1.82) is 0 Å². The lowest BCUT2D eigenvalue weighted by Gasteiger charge is -2.39. The van der Waals surface area contributed by atoms with Crippen LogP contribution in [0.3, 0.4) is 0 Å². The Kier molecular flexibility index (Phi) is 6.79. The van der Waals surface area contributed by atoms with Gasteiger partial charge in [0.05, 0.1) is 12.5 Å². The van der Waals surface area contributed by atoms with E-state index >= 15 is 0 Å². The predicted octanol–water partition coefficient (Wildman–Crippen LogP) is 3.67. The fourth-order valence-corrected chi connectivity index (χ4v) is 5.00. The van der Waals surface area contributed by atoms with Crippen molar-refractivity contribution < 1.29 is 9.59 Å². The first-order valence-corrected chi connectivity index (χ1v) is 11.7. The van der Waals surface area contributed by atoms with E-state index in [4.69, 9.17) is 11.6 Å². The molecule has 0 saturated carbocycles. The number of piperazine rings is 1. The molecule has 2 aliphatic rings. The van der Waals surface area contributed by atoms with Gasteiger partial charge in [-0.15, -0.1) is 11.3 Å². The van der Waals surface area contributed by atoms with Gasteiger partial charge in [0, 0.05) is 54.9 Å². The molecule has 3 amide bonds. The van der Waals surface area contributed by atoms with Crippen LogP contribution in [0.25, 0.3) is 0 Å². The third-order valence-corrected chi connectivity index (χ3v) is 6.93. The zero-order chi connectivity index (χ0) is 20.9. The Bertz CT molecular complexity index is 868. The molecule has 2 aliphatic heterocycles. The molecule has 1 unspecified atom stereocenters. The molecule has 1 aromatic carbocycles. The summed E-state index contributed by atoms with van der Waals surface area (Å²) in [5, 5.41) is 5.71. The van der Waals surface area contributed by atoms with Crippen LogP contribution in [0.2, 0.25) is 5.02 Å². The summed E-state index contributed by atoms with van der Waals surface area (Å²) < 4.78 is 0. The van der Waals surface area contributed by atoms with E-state index < -0.39 is 0 Å². The van der Waals surface area contributed by atoms with Gasteiger partial charge in [-0.05, 0) is 42.5 Å². The average Bonchev–Trinajstić information content (AvgIpc) is 3.31. The van der Waals surface area contributed by atoms with Gasteiger partial charge in [0.25, 0.3) is 0 Å². The van der Waals surface area contributed by atoms with Gasteiger partial charge in [-0.25, -0.2) is 4.79 Å². The van der Waals surface area contributed by atoms with Crippen molar-refractivity contribution in [3.8, 4) is 0 Å². The van der Waals surface area contributed by atoms with Crippen LogP contribution in [0, 0.1) is 5.92 Å². The van der Waals surface area contributed by atoms with Crippen molar-refractivity contribution in [3.05, 3.63) is 51.7 Å². The number of amides is 3. The van der Waals surface area contributed by atoms with Crippen molar-refractivity contribution in [3.63, 3.8) is 0 Å². The van der Waals surface area contributed by atoms with Crippen LogP contribution in [-0.4, -0.2) is 61.0 Å². The smallest absolute Gasteiger partial charge is 0.317 e. The van der Waals surface area contributed by atoms with E-state index in [2.05, 4.69) is 16.3 Å². The minimum absolute atomic E-state index is 0.0772. The van der Waals surface area contributed by atoms with Crippen molar-refractivity contribution in [2.75, 3.05) is 44.2 Å². The summed E-state index contributed by atoms with van der Waals surface area (Å²) in [6, 6.07) is 11.8. The van der Waals surface area contributed by atoms with Crippen LogP contribution in [0.4, 0.5) is 10.5 Å². The number of urea groups is 1. The molecule has 30 heavy (non-hydrogen) atoms. The lowest BCUT2D eigenvalue weighted by molar-refractivity contribution is -0.137. The number of nitrogens with one attached hydrogen (secondary N) is 1. The lowest BCUT2D eigenvalue weighted by atomic mass is 9.96. The number of rotatable bonds is 4. The molecule has 4 rings (SSSR count). The van der Waals surface area contributed by atoms with Crippen LogP contribution in [0.5, 0.6) is 0 Å². The minimum Gasteiger partial charge on any atom is -0.368 e. The molecule has 2 fully saturated rings. The predicted molar refractivity (Wildman–Crippen MR) is 121 cm³/mol. The van der Waals surface area contributed by atoms with E-state index in [1.54, 1.807) is 16.2 Å². The number of thiophene rings is 1. The number of carbonyl (C=O) groups is 2. The van der Waals surface area contributed by atoms with Gasteiger partial charge in [-0.2, -0.15) is 0 Å². The Morgan fingerprint density at radius 2 is 1.90 bits per heavy atom. The quantitative estimate of drug-likeness (QED) is 0.779. The maximum atomic E-state index is 13.1. The fraction of sp³-hybridized carbons (Fsp3) is 0.455. The molecule has 3 heterocycles. The average molecular weight is 447 g/mol. The topological polar surface area (TPSA) is 55.9 Å². The lowest BCUT2D eigenvalue weighted by Crippen LogP contribution is -2.54. The maximum absolute atomic E-state index is 13.1. The van der Waals surface area contributed by atoms with E-state index in [1.807, 2.05) is 40.6 Å². The second-order valence-electron chi connectivity index (χ2n) is 7.82. The Morgan fingerprint density at radius 1 is 1.07 bits per heavy atom. The van der Waals surface area contributed by atoms with Crippen LogP contribution in [0.15, 0.2) is 41.8 Å². The molecular weight excluding hydrogens is 420 g/mol.